The maximum atomic E-state index is 12.8. The van der Waals surface area contributed by atoms with E-state index < -0.39 is 29.6 Å². The Labute approximate surface area is 239 Å². The van der Waals surface area contributed by atoms with Crippen molar-refractivity contribution in [2.75, 3.05) is 7.11 Å². The van der Waals surface area contributed by atoms with Gasteiger partial charge in [0, 0.05) is 32.1 Å². The molecule has 0 saturated carbocycles. The maximum Gasteiger partial charge on any atom is 0.326 e. The first kappa shape index (κ1) is 35.1. The lowest BCUT2D eigenvalue weighted by Gasteiger charge is -2.29. The van der Waals surface area contributed by atoms with Crippen LogP contribution < -0.4 is 15.2 Å². The molecule has 2 N–H and O–H groups in total. The van der Waals surface area contributed by atoms with Crippen LogP contribution in [0.3, 0.4) is 0 Å². The topological polar surface area (TPSA) is 131 Å². The Kier molecular flexibility index (Phi) is 14.9. The lowest BCUT2D eigenvalue weighted by atomic mass is 9.86. The summed E-state index contributed by atoms with van der Waals surface area (Å²) in [6, 6.07) is 4.73. The van der Waals surface area contributed by atoms with Crippen LogP contribution in [-0.2, 0) is 35.1 Å². The van der Waals surface area contributed by atoms with Crippen LogP contribution in [0.5, 0.6) is 11.5 Å². The second-order valence-corrected chi connectivity index (χ2v) is 11.9. The lowest BCUT2D eigenvalue weighted by molar-refractivity contribution is -0.155. The average molecular weight is 564 g/mol. The molecule has 0 radical (unpaired) electrons. The van der Waals surface area contributed by atoms with Crippen molar-refractivity contribution in [3.63, 3.8) is 0 Å². The number of methoxy groups -OCH3 is 1. The van der Waals surface area contributed by atoms with Crippen LogP contribution in [0.4, 0.5) is 0 Å². The predicted octanol–water partition coefficient (Wildman–Crippen LogP) is 5.54. The van der Waals surface area contributed by atoms with Crippen molar-refractivity contribution in [2.24, 2.45) is 23.5 Å². The highest BCUT2D eigenvalue weighted by Crippen LogP contribution is 2.32. The van der Waals surface area contributed by atoms with Crippen molar-refractivity contribution < 1.29 is 38.1 Å². The monoisotopic (exact) mass is 563 g/mol. The Morgan fingerprint density at radius 3 is 1.70 bits per heavy atom. The number of hydrogen-bond donors (Lipinski definition) is 1. The summed E-state index contributed by atoms with van der Waals surface area (Å²) in [7, 11) is 1.24. The van der Waals surface area contributed by atoms with Gasteiger partial charge in [0.25, 0.3) is 0 Å². The van der Waals surface area contributed by atoms with Crippen LogP contribution in [0, 0.1) is 17.8 Å². The van der Waals surface area contributed by atoms with Crippen LogP contribution in [0.2, 0.25) is 0 Å². The standard InChI is InChI=1S/C31H49NO8/c1-20(2)9-14-27(33)38-23(7)18-31(32,30(36)37-8)19-24-12-13-25(39-28(34)15-10-21(3)4)26(17-24)40-29(35)16-11-22(5)6/h12-13,17,20-23H,9-11,14-16,18-19,32H2,1-8H3/t23?,31-/m1/s1. The molecule has 0 aliphatic heterocycles. The van der Waals surface area contributed by atoms with Crippen molar-refractivity contribution in [2.45, 2.75) is 111 Å². The van der Waals surface area contributed by atoms with Crippen LogP contribution in [-0.4, -0.2) is 42.6 Å². The van der Waals surface area contributed by atoms with E-state index in [1.165, 1.54) is 13.2 Å². The van der Waals surface area contributed by atoms with Gasteiger partial charge in [0.2, 0.25) is 0 Å². The van der Waals surface area contributed by atoms with Gasteiger partial charge in [-0.15, -0.1) is 0 Å². The molecule has 0 heterocycles. The minimum absolute atomic E-state index is 0.00563. The molecule has 0 bridgehead atoms. The Balaban J connectivity index is 3.18. The number of esters is 4. The molecule has 0 amide bonds. The molecule has 0 aromatic heterocycles. The number of ether oxygens (including phenoxy) is 4. The summed E-state index contributed by atoms with van der Waals surface area (Å²) in [5.74, 6) is -0.727. The summed E-state index contributed by atoms with van der Waals surface area (Å²) < 4.78 is 21.6. The highest BCUT2D eigenvalue weighted by Gasteiger charge is 2.38. The van der Waals surface area contributed by atoms with Crippen LogP contribution >= 0.6 is 0 Å². The molecule has 1 unspecified atom stereocenters. The molecule has 1 rings (SSSR count). The molecule has 0 fully saturated rings. The van der Waals surface area contributed by atoms with Crippen molar-refractivity contribution >= 4 is 23.9 Å². The highest BCUT2D eigenvalue weighted by atomic mass is 16.6. The average Bonchev–Trinajstić information content (AvgIpc) is 2.85. The van der Waals surface area contributed by atoms with E-state index in [0.29, 0.717) is 42.6 Å². The first-order valence-electron chi connectivity index (χ1n) is 14.3. The van der Waals surface area contributed by atoms with Crippen LogP contribution in [0.25, 0.3) is 0 Å². The first-order valence-corrected chi connectivity index (χ1v) is 14.3. The highest BCUT2D eigenvalue weighted by molar-refractivity contribution is 5.81. The van der Waals surface area contributed by atoms with Gasteiger partial charge in [-0.3, -0.25) is 19.2 Å². The molecule has 0 saturated heterocycles. The third kappa shape index (κ3) is 13.4. The number of nitrogens with two attached hydrogens (primary N) is 1. The van der Waals surface area contributed by atoms with Gasteiger partial charge >= 0.3 is 23.9 Å². The zero-order valence-electron chi connectivity index (χ0n) is 25.5. The maximum absolute atomic E-state index is 12.8. The van der Waals surface area contributed by atoms with Gasteiger partial charge in [-0.05, 0) is 61.6 Å². The van der Waals surface area contributed by atoms with E-state index in [1.807, 2.05) is 41.5 Å². The van der Waals surface area contributed by atoms with Gasteiger partial charge in [0.1, 0.15) is 11.6 Å². The van der Waals surface area contributed by atoms with E-state index >= 15 is 0 Å². The van der Waals surface area contributed by atoms with Gasteiger partial charge in [0.15, 0.2) is 11.5 Å². The summed E-state index contributed by atoms with van der Waals surface area (Å²) in [6.07, 6.45) is 2.09. The van der Waals surface area contributed by atoms with Crippen molar-refractivity contribution in [3.8, 4) is 11.5 Å². The van der Waals surface area contributed by atoms with Gasteiger partial charge in [-0.25, -0.2) is 0 Å². The summed E-state index contributed by atoms with van der Waals surface area (Å²) >= 11 is 0. The number of hydrogen-bond acceptors (Lipinski definition) is 9. The number of rotatable bonds is 17. The molecule has 0 spiro atoms. The molecule has 0 aliphatic carbocycles. The number of carbonyl (C=O) groups excluding carboxylic acids is 4. The first-order chi connectivity index (χ1) is 18.6. The van der Waals surface area contributed by atoms with E-state index in [1.54, 1.807) is 19.1 Å². The SMILES string of the molecule is COC(=O)[C@](N)(Cc1ccc(OC(=O)CCC(C)C)c(OC(=O)CCC(C)C)c1)CC(C)OC(=O)CCC(C)C. The molecule has 9 nitrogen and oxygen atoms in total. The minimum Gasteiger partial charge on any atom is -0.468 e. The fourth-order valence-electron chi connectivity index (χ4n) is 4.03. The van der Waals surface area contributed by atoms with Gasteiger partial charge in [0.05, 0.1) is 7.11 Å². The third-order valence-electron chi connectivity index (χ3n) is 6.33. The summed E-state index contributed by atoms with van der Waals surface area (Å²) in [6.45, 7) is 13.8. The minimum atomic E-state index is -1.53. The van der Waals surface area contributed by atoms with E-state index in [2.05, 4.69) is 0 Å². The molecule has 2 atom stereocenters. The van der Waals surface area contributed by atoms with Gasteiger partial charge < -0.3 is 24.7 Å². The second-order valence-electron chi connectivity index (χ2n) is 11.9. The Hall–Kier alpha value is -2.94. The normalized spacial score (nSPS) is 13.6. The summed E-state index contributed by atoms with van der Waals surface area (Å²) in [5.41, 5.74) is 5.57. The van der Waals surface area contributed by atoms with E-state index in [4.69, 9.17) is 24.7 Å². The van der Waals surface area contributed by atoms with Gasteiger partial charge in [-0.1, -0.05) is 47.6 Å². The molecule has 0 aliphatic rings. The van der Waals surface area contributed by atoms with E-state index in [9.17, 15) is 19.2 Å². The zero-order valence-corrected chi connectivity index (χ0v) is 25.5. The Morgan fingerprint density at radius 1 is 0.750 bits per heavy atom. The van der Waals surface area contributed by atoms with Crippen molar-refractivity contribution in [3.05, 3.63) is 23.8 Å². The number of carbonyl (C=O) groups is 4. The van der Waals surface area contributed by atoms with Crippen LogP contribution in [0.1, 0.15) is 99.0 Å². The molecular weight excluding hydrogens is 514 g/mol. The third-order valence-corrected chi connectivity index (χ3v) is 6.33. The second kappa shape index (κ2) is 17.0. The van der Waals surface area contributed by atoms with Gasteiger partial charge in [-0.2, -0.15) is 0 Å². The smallest absolute Gasteiger partial charge is 0.326 e. The molecule has 226 valence electrons. The summed E-state index contributed by atoms with van der Waals surface area (Å²) in [5, 5.41) is 0. The zero-order chi connectivity index (χ0) is 30.5. The largest absolute Gasteiger partial charge is 0.468 e. The van der Waals surface area contributed by atoms with Crippen LogP contribution in [0.15, 0.2) is 18.2 Å². The summed E-state index contributed by atoms with van der Waals surface area (Å²) in [4.78, 5) is 50.0. The molecule has 40 heavy (non-hydrogen) atoms. The van der Waals surface area contributed by atoms with Crippen molar-refractivity contribution in [1.29, 1.82) is 0 Å². The molecule has 1 aromatic carbocycles. The van der Waals surface area contributed by atoms with E-state index in [0.717, 1.165) is 0 Å². The van der Waals surface area contributed by atoms with Crippen molar-refractivity contribution in [1.82, 2.24) is 0 Å². The fourth-order valence-corrected chi connectivity index (χ4v) is 4.03. The fraction of sp³-hybridized carbons (Fsp3) is 0.677. The Bertz CT molecular complexity index is 988. The van der Waals surface area contributed by atoms with E-state index in [-0.39, 0.29) is 49.6 Å². The lowest BCUT2D eigenvalue weighted by Crippen LogP contribution is -2.53. The quantitative estimate of drug-likeness (QED) is 0.192. The predicted molar refractivity (Wildman–Crippen MR) is 153 cm³/mol. The molecule has 9 heteroatoms. The Morgan fingerprint density at radius 2 is 1.23 bits per heavy atom. The molecular formula is C31H49NO8. The number of benzene rings is 1. The molecule has 1 aromatic rings.